The highest BCUT2D eigenvalue weighted by molar-refractivity contribution is 5.83. The van der Waals surface area contributed by atoms with Crippen LogP contribution in [0.25, 0.3) is 0 Å². The van der Waals surface area contributed by atoms with Gasteiger partial charge in [0.15, 0.2) is 0 Å². The van der Waals surface area contributed by atoms with E-state index in [-0.39, 0.29) is 18.2 Å². The lowest BCUT2D eigenvalue weighted by atomic mass is 9.92. The smallest absolute Gasteiger partial charge is 0.309 e. The zero-order valence-corrected chi connectivity index (χ0v) is 10.6. The highest BCUT2D eigenvalue weighted by Gasteiger charge is 2.22. The molecule has 0 aliphatic heterocycles. The van der Waals surface area contributed by atoms with Crippen LogP contribution in [0.2, 0.25) is 0 Å². The molecular formula is C15H16O3. The molecule has 1 atom stereocenters. The molecule has 94 valence electrons. The fourth-order valence-electron chi connectivity index (χ4n) is 1.86. The number of esters is 1. The van der Waals surface area contributed by atoms with E-state index >= 15 is 0 Å². The fourth-order valence-corrected chi connectivity index (χ4v) is 1.86. The number of Topliss-reactive ketones (excluding diaryl/α,β-unsaturated/α-hetero) is 1. The number of carbonyl (C=O) groups is 2. The van der Waals surface area contributed by atoms with Crippen LogP contribution in [-0.2, 0) is 20.7 Å². The molecule has 1 unspecified atom stereocenters. The molecule has 1 aromatic carbocycles. The third kappa shape index (κ3) is 3.74. The summed E-state index contributed by atoms with van der Waals surface area (Å²) in [5, 5.41) is 0. The summed E-state index contributed by atoms with van der Waals surface area (Å²) < 4.78 is 4.72. The van der Waals surface area contributed by atoms with Crippen molar-refractivity contribution < 1.29 is 14.3 Å². The van der Waals surface area contributed by atoms with Crippen LogP contribution in [0.1, 0.15) is 24.5 Å². The highest BCUT2D eigenvalue weighted by atomic mass is 16.5. The van der Waals surface area contributed by atoms with Crippen LogP contribution in [-0.4, -0.2) is 18.9 Å². The molecule has 0 fully saturated rings. The van der Waals surface area contributed by atoms with Gasteiger partial charge in [-0.25, -0.2) is 0 Å². The Morgan fingerprint density at radius 3 is 2.61 bits per heavy atom. The predicted octanol–water partition coefficient (Wildman–Crippen LogP) is 1.98. The number of ether oxygens (including phenoxy) is 1. The normalized spacial score (nSPS) is 11.4. The second-order valence-electron chi connectivity index (χ2n) is 4.13. The van der Waals surface area contributed by atoms with Crippen molar-refractivity contribution in [2.75, 3.05) is 7.11 Å². The highest BCUT2D eigenvalue weighted by Crippen LogP contribution is 2.17. The second-order valence-corrected chi connectivity index (χ2v) is 4.13. The Kier molecular flexibility index (Phi) is 5.13. The predicted molar refractivity (Wildman–Crippen MR) is 68.9 cm³/mol. The second kappa shape index (κ2) is 6.61. The zero-order chi connectivity index (χ0) is 13.5. The minimum absolute atomic E-state index is 0.0383. The van der Waals surface area contributed by atoms with Crippen LogP contribution in [0.3, 0.4) is 0 Å². The third-order valence-corrected chi connectivity index (χ3v) is 2.71. The third-order valence-electron chi connectivity index (χ3n) is 2.71. The molecule has 0 bridgehead atoms. The average molecular weight is 244 g/mol. The van der Waals surface area contributed by atoms with Gasteiger partial charge in [0.2, 0.25) is 0 Å². The molecule has 1 aromatic rings. The monoisotopic (exact) mass is 244 g/mol. The molecule has 0 radical (unpaired) electrons. The van der Waals surface area contributed by atoms with Crippen molar-refractivity contribution in [3.05, 3.63) is 35.4 Å². The minimum Gasteiger partial charge on any atom is -0.469 e. The Balaban J connectivity index is 2.92. The number of methoxy groups -OCH3 is 1. The molecule has 0 spiro atoms. The maximum Gasteiger partial charge on any atom is 0.309 e. The Morgan fingerprint density at radius 2 is 2.06 bits per heavy atom. The molecule has 0 aromatic heterocycles. The van der Waals surface area contributed by atoms with Crippen molar-refractivity contribution in [2.45, 2.75) is 19.8 Å². The van der Waals surface area contributed by atoms with Gasteiger partial charge in [0, 0.05) is 12.0 Å². The number of terminal acetylenes is 1. The molecule has 3 heteroatoms. The molecule has 3 nitrogen and oxygen atoms in total. The first-order valence-corrected chi connectivity index (χ1v) is 5.70. The van der Waals surface area contributed by atoms with E-state index in [1.165, 1.54) is 14.0 Å². The number of benzene rings is 1. The minimum atomic E-state index is -0.470. The van der Waals surface area contributed by atoms with Crippen LogP contribution in [0.4, 0.5) is 0 Å². The summed E-state index contributed by atoms with van der Waals surface area (Å²) in [5.74, 6) is 1.69. The maximum atomic E-state index is 11.6. The van der Waals surface area contributed by atoms with E-state index in [1.807, 2.05) is 24.3 Å². The Labute approximate surface area is 107 Å². The van der Waals surface area contributed by atoms with E-state index in [9.17, 15) is 9.59 Å². The molecule has 0 saturated heterocycles. The van der Waals surface area contributed by atoms with Gasteiger partial charge in [-0.05, 0) is 25.0 Å². The summed E-state index contributed by atoms with van der Waals surface area (Å²) in [7, 11) is 1.32. The number of rotatable bonds is 5. The van der Waals surface area contributed by atoms with Gasteiger partial charge < -0.3 is 9.53 Å². The van der Waals surface area contributed by atoms with E-state index in [2.05, 4.69) is 5.92 Å². The van der Waals surface area contributed by atoms with Gasteiger partial charge in [-0.2, -0.15) is 0 Å². The van der Waals surface area contributed by atoms with E-state index in [4.69, 9.17) is 11.2 Å². The summed E-state index contributed by atoms with van der Waals surface area (Å²) >= 11 is 0. The van der Waals surface area contributed by atoms with Crippen LogP contribution in [0.15, 0.2) is 24.3 Å². The number of carbonyl (C=O) groups excluding carboxylic acids is 2. The van der Waals surface area contributed by atoms with E-state index in [0.717, 1.165) is 11.1 Å². The molecule has 0 heterocycles. The van der Waals surface area contributed by atoms with Crippen molar-refractivity contribution in [3.63, 3.8) is 0 Å². The van der Waals surface area contributed by atoms with Crippen LogP contribution in [0.5, 0.6) is 0 Å². The van der Waals surface area contributed by atoms with E-state index in [0.29, 0.717) is 6.42 Å². The standard InChI is InChI=1S/C15H16O3/c1-4-12-7-5-6-8-13(12)10-14(9-11(2)16)15(17)18-3/h1,5-8,14H,9-10H2,2-3H3. The van der Waals surface area contributed by atoms with E-state index in [1.54, 1.807) is 0 Å². The fraction of sp³-hybridized carbons (Fsp3) is 0.333. The molecular weight excluding hydrogens is 228 g/mol. The van der Waals surface area contributed by atoms with Crippen molar-refractivity contribution in [2.24, 2.45) is 5.92 Å². The van der Waals surface area contributed by atoms with Gasteiger partial charge in [-0.1, -0.05) is 24.1 Å². The van der Waals surface area contributed by atoms with Gasteiger partial charge in [0.1, 0.15) is 5.78 Å². The Hall–Kier alpha value is -2.08. The largest absolute Gasteiger partial charge is 0.469 e. The average Bonchev–Trinajstić information content (AvgIpc) is 2.37. The van der Waals surface area contributed by atoms with Crippen molar-refractivity contribution in [1.82, 2.24) is 0 Å². The number of hydrogen-bond donors (Lipinski definition) is 0. The van der Waals surface area contributed by atoms with Gasteiger partial charge in [0.25, 0.3) is 0 Å². The zero-order valence-electron chi connectivity index (χ0n) is 10.6. The summed E-state index contributed by atoms with van der Waals surface area (Å²) in [4.78, 5) is 22.8. The van der Waals surface area contributed by atoms with Gasteiger partial charge in [-0.15, -0.1) is 6.42 Å². The van der Waals surface area contributed by atoms with Gasteiger partial charge in [-0.3, -0.25) is 4.79 Å². The summed E-state index contributed by atoms with van der Waals surface area (Å²) in [6, 6.07) is 7.39. The first-order chi connectivity index (χ1) is 8.58. The first kappa shape index (κ1) is 14.0. The lowest BCUT2D eigenvalue weighted by molar-refractivity contribution is -0.147. The Bertz CT molecular complexity index is 483. The lowest BCUT2D eigenvalue weighted by Gasteiger charge is -2.14. The number of ketones is 1. The topological polar surface area (TPSA) is 43.4 Å². The SMILES string of the molecule is C#Cc1ccccc1CC(CC(C)=O)C(=O)OC. The quantitative estimate of drug-likeness (QED) is 0.587. The first-order valence-electron chi connectivity index (χ1n) is 5.70. The summed E-state index contributed by atoms with van der Waals surface area (Å²) in [6.45, 7) is 1.46. The summed E-state index contributed by atoms with van der Waals surface area (Å²) in [6.07, 6.45) is 6.00. The van der Waals surface area contributed by atoms with Gasteiger partial charge in [0.05, 0.1) is 13.0 Å². The molecule has 0 N–H and O–H groups in total. The van der Waals surface area contributed by atoms with E-state index < -0.39 is 5.92 Å². The molecule has 1 rings (SSSR count). The number of hydrogen-bond acceptors (Lipinski definition) is 3. The molecule has 0 aliphatic carbocycles. The maximum absolute atomic E-state index is 11.6. The van der Waals surface area contributed by atoms with Crippen molar-refractivity contribution >= 4 is 11.8 Å². The molecule has 0 amide bonds. The van der Waals surface area contributed by atoms with Gasteiger partial charge >= 0.3 is 5.97 Å². The van der Waals surface area contributed by atoms with Crippen LogP contribution >= 0.6 is 0 Å². The van der Waals surface area contributed by atoms with Crippen LogP contribution < -0.4 is 0 Å². The van der Waals surface area contributed by atoms with Crippen molar-refractivity contribution in [3.8, 4) is 12.3 Å². The lowest BCUT2D eigenvalue weighted by Crippen LogP contribution is -2.21. The van der Waals surface area contributed by atoms with Crippen LogP contribution in [0, 0.1) is 18.3 Å². The molecule has 0 saturated carbocycles. The molecule has 0 aliphatic rings. The van der Waals surface area contributed by atoms with Crippen molar-refractivity contribution in [1.29, 1.82) is 0 Å². The molecule has 18 heavy (non-hydrogen) atoms. The summed E-state index contributed by atoms with van der Waals surface area (Å²) in [5.41, 5.74) is 1.63. The Morgan fingerprint density at radius 1 is 1.39 bits per heavy atom.